The highest BCUT2D eigenvalue weighted by Crippen LogP contribution is 2.27. The lowest BCUT2D eigenvalue weighted by Crippen LogP contribution is -2.46. The molecule has 6 nitrogen and oxygen atoms in total. The Morgan fingerprint density at radius 1 is 1.06 bits per heavy atom. The topological polar surface area (TPSA) is 71.8 Å². The van der Waals surface area contributed by atoms with Gasteiger partial charge in [0.25, 0.3) is 5.91 Å². The Morgan fingerprint density at radius 2 is 1.78 bits per heavy atom. The fraction of sp³-hybridized carbons (Fsp3) is 0.385. The number of ether oxygens (including phenoxy) is 1. The molecule has 168 valence electrons. The average molecular weight is 435 g/mol. The summed E-state index contributed by atoms with van der Waals surface area (Å²) in [7, 11) is 0. The van der Waals surface area contributed by atoms with Crippen molar-refractivity contribution in [2.24, 2.45) is 0 Å². The van der Waals surface area contributed by atoms with E-state index in [1.165, 1.54) is 0 Å². The zero-order valence-electron chi connectivity index (χ0n) is 18.9. The van der Waals surface area contributed by atoms with E-state index in [0.717, 1.165) is 31.6 Å². The number of benzene rings is 2. The second-order valence-corrected chi connectivity index (χ2v) is 8.56. The van der Waals surface area contributed by atoms with Gasteiger partial charge in [0, 0.05) is 37.3 Å². The normalized spacial score (nSPS) is 19.2. The molecule has 0 aliphatic carbocycles. The molecule has 1 saturated heterocycles. The number of carbonyl (C=O) groups excluding carboxylic acids is 1. The van der Waals surface area contributed by atoms with Gasteiger partial charge < -0.3 is 14.5 Å². The van der Waals surface area contributed by atoms with E-state index >= 15 is 0 Å². The summed E-state index contributed by atoms with van der Waals surface area (Å²) in [6, 6.07) is 14.6. The standard InChI is InChI=1S/C26H30N2O4/c1-17-15-28(16-18(2)31-17)14-8-13-27-26(30)22-12-7-11-21-23(29)19(3)24(32-25(21)22)20-9-5-4-6-10-20/h4-7,9-12,17-18H,8,13-16H2,1-3H3,(H,27,30)/t17-,18-/m1/s1. The van der Waals surface area contributed by atoms with Gasteiger partial charge >= 0.3 is 0 Å². The van der Waals surface area contributed by atoms with E-state index in [4.69, 9.17) is 9.15 Å². The molecule has 0 bridgehead atoms. The predicted octanol–water partition coefficient (Wildman–Crippen LogP) is 4.00. The number of nitrogens with one attached hydrogen (secondary N) is 1. The molecule has 2 aromatic carbocycles. The number of para-hydroxylation sites is 1. The van der Waals surface area contributed by atoms with E-state index in [-0.39, 0.29) is 23.5 Å². The zero-order valence-corrected chi connectivity index (χ0v) is 18.9. The summed E-state index contributed by atoms with van der Waals surface area (Å²) in [4.78, 5) is 28.3. The fourth-order valence-corrected chi connectivity index (χ4v) is 4.42. The van der Waals surface area contributed by atoms with Crippen molar-refractivity contribution in [2.45, 2.75) is 39.4 Å². The SMILES string of the molecule is Cc1c(-c2ccccc2)oc2c(C(=O)NCCCN3C[C@@H](C)O[C@H](C)C3)cccc2c1=O. The summed E-state index contributed by atoms with van der Waals surface area (Å²) in [5, 5.41) is 3.41. The summed E-state index contributed by atoms with van der Waals surface area (Å²) in [5.41, 5.74) is 1.94. The van der Waals surface area contributed by atoms with E-state index in [9.17, 15) is 9.59 Å². The lowest BCUT2D eigenvalue weighted by atomic mass is 10.0. The molecule has 32 heavy (non-hydrogen) atoms. The minimum atomic E-state index is -0.231. The van der Waals surface area contributed by atoms with Crippen LogP contribution in [0.15, 0.2) is 57.7 Å². The molecule has 3 aromatic rings. The Balaban J connectivity index is 1.50. The van der Waals surface area contributed by atoms with Crippen LogP contribution in [-0.4, -0.2) is 49.2 Å². The molecule has 6 heteroatoms. The minimum Gasteiger partial charge on any atom is -0.455 e. The van der Waals surface area contributed by atoms with E-state index in [0.29, 0.717) is 34.4 Å². The third kappa shape index (κ3) is 4.76. The van der Waals surface area contributed by atoms with Crippen LogP contribution in [0.1, 0.15) is 36.2 Å². The second-order valence-electron chi connectivity index (χ2n) is 8.56. The van der Waals surface area contributed by atoms with Crippen molar-refractivity contribution in [3.05, 3.63) is 69.9 Å². The van der Waals surface area contributed by atoms with Crippen LogP contribution in [0.4, 0.5) is 0 Å². The molecule has 1 fully saturated rings. The maximum Gasteiger partial charge on any atom is 0.255 e. The van der Waals surface area contributed by atoms with Gasteiger partial charge in [-0.15, -0.1) is 0 Å². The van der Waals surface area contributed by atoms with Gasteiger partial charge in [0.1, 0.15) is 5.76 Å². The van der Waals surface area contributed by atoms with E-state index in [1.807, 2.05) is 30.3 Å². The number of amides is 1. The summed E-state index contributed by atoms with van der Waals surface area (Å²) in [5.74, 6) is 0.268. The molecule has 0 saturated carbocycles. The van der Waals surface area contributed by atoms with Crippen molar-refractivity contribution in [3.63, 3.8) is 0 Å². The maximum atomic E-state index is 13.0. The number of hydrogen-bond donors (Lipinski definition) is 1. The van der Waals surface area contributed by atoms with E-state index in [1.54, 1.807) is 25.1 Å². The third-order valence-electron chi connectivity index (χ3n) is 5.86. The first kappa shape index (κ1) is 22.2. The molecule has 1 amide bonds. The predicted molar refractivity (Wildman–Crippen MR) is 126 cm³/mol. The lowest BCUT2D eigenvalue weighted by molar-refractivity contribution is -0.0679. The van der Waals surface area contributed by atoms with Crippen LogP contribution in [0.2, 0.25) is 0 Å². The van der Waals surface area contributed by atoms with Crippen LogP contribution in [0.5, 0.6) is 0 Å². The Morgan fingerprint density at radius 3 is 2.50 bits per heavy atom. The summed E-state index contributed by atoms with van der Waals surface area (Å²) in [6.45, 7) is 9.21. The van der Waals surface area contributed by atoms with Crippen LogP contribution in [0.3, 0.4) is 0 Å². The van der Waals surface area contributed by atoms with Crippen LogP contribution in [0, 0.1) is 6.92 Å². The first-order valence-electron chi connectivity index (χ1n) is 11.2. The lowest BCUT2D eigenvalue weighted by Gasteiger charge is -2.35. The van der Waals surface area contributed by atoms with Gasteiger partial charge in [-0.1, -0.05) is 36.4 Å². The molecule has 4 rings (SSSR count). The van der Waals surface area contributed by atoms with E-state index in [2.05, 4.69) is 24.1 Å². The molecule has 1 aliphatic rings. The Hall–Kier alpha value is -2.96. The van der Waals surface area contributed by atoms with Crippen molar-refractivity contribution < 1.29 is 13.9 Å². The van der Waals surface area contributed by atoms with Crippen molar-refractivity contribution in [2.75, 3.05) is 26.2 Å². The number of fused-ring (bicyclic) bond motifs is 1. The first-order valence-corrected chi connectivity index (χ1v) is 11.2. The molecule has 0 spiro atoms. The highest BCUT2D eigenvalue weighted by molar-refractivity contribution is 6.05. The highest BCUT2D eigenvalue weighted by Gasteiger charge is 2.22. The second kappa shape index (κ2) is 9.67. The first-order chi connectivity index (χ1) is 15.4. The van der Waals surface area contributed by atoms with Gasteiger partial charge in [0.15, 0.2) is 11.0 Å². The van der Waals surface area contributed by atoms with Crippen LogP contribution in [0.25, 0.3) is 22.3 Å². The van der Waals surface area contributed by atoms with Gasteiger partial charge in [-0.25, -0.2) is 0 Å². The van der Waals surface area contributed by atoms with Gasteiger partial charge in [0.05, 0.1) is 23.2 Å². The number of hydrogen-bond acceptors (Lipinski definition) is 5. The molecule has 0 unspecified atom stereocenters. The Labute approximate surface area is 188 Å². The largest absolute Gasteiger partial charge is 0.455 e. The van der Waals surface area contributed by atoms with Crippen molar-refractivity contribution >= 4 is 16.9 Å². The molecule has 1 aliphatic heterocycles. The van der Waals surface area contributed by atoms with Crippen molar-refractivity contribution in [1.29, 1.82) is 0 Å². The number of morpholine rings is 1. The molecule has 0 radical (unpaired) electrons. The number of nitrogens with zero attached hydrogens (tertiary/aromatic N) is 1. The monoisotopic (exact) mass is 434 g/mol. The van der Waals surface area contributed by atoms with Gasteiger partial charge in [-0.2, -0.15) is 0 Å². The molecular formula is C26H30N2O4. The Bertz CT molecular complexity index is 1150. The smallest absolute Gasteiger partial charge is 0.255 e. The molecule has 1 N–H and O–H groups in total. The fourth-order valence-electron chi connectivity index (χ4n) is 4.42. The van der Waals surface area contributed by atoms with Crippen molar-refractivity contribution in [1.82, 2.24) is 10.2 Å². The van der Waals surface area contributed by atoms with Gasteiger partial charge in [0.2, 0.25) is 0 Å². The van der Waals surface area contributed by atoms with Crippen LogP contribution < -0.4 is 10.7 Å². The maximum absolute atomic E-state index is 13.0. The Kier molecular flexibility index (Phi) is 6.72. The van der Waals surface area contributed by atoms with E-state index < -0.39 is 0 Å². The number of rotatable bonds is 6. The zero-order chi connectivity index (χ0) is 22.7. The average Bonchev–Trinajstić information content (AvgIpc) is 2.78. The van der Waals surface area contributed by atoms with Crippen molar-refractivity contribution in [3.8, 4) is 11.3 Å². The van der Waals surface area contributed by atoms with Gasteiger partial charge in [-0.05, 0) is 39.3 Å². The minimum absolute atomic E-state index is 0.115. The molecule has 2 atom stereocenters. The van der Waals surface area contributed by atoms with Gasteiger partial charge in [-0.3, -0.25) is 14.5 Å². The summed E-state index contributed by atoms with van der Waals surface area (Å²) >= 11 is 0. The number of carbonyl (C=O) groups is 1. The molecule has 2 heterocycles. The quantitative estimate of drug-likeness (QED) is 0.594. The summed E-state index contributed by atoms with van der Waals surface area (Å²) in [6.07, 6.45) is 1.30. The molecule has 1 aromatic heterocycles. The molecular weight excluding hydrogens is 404 g/mol. The van der Waals surface area contributed by atoms with Crippen LogP contribution >= 0.6 is 0 Å². The highest BCUT2D eigenvalue weighted by atomic mass is 16.5. The van der Waals surface area contributed by atoms with Crippen LogP contribution in [-0.2, 0) is 4.74 Å². The third-order valence-corrected chi connectivity index (χ3v) is 5.86. The summed E-state index contributed by atoms with van der Waals surface area (Å²) < 4.78 is 11.9.